The first kappa shape index (κ1) is 26.0. The average Bonchev–Trinajstić information content (AvgIpc) is 2.95. The molecule has 0 N–H and O–H groups in total. The lowest BCUT2D eigenvalue weighted by Crippen LogP contribution is -2.20. The molecule has 0 unspecified atom stereocenters. The standard InChI is InChI=1S/C29H20BrCl2N3O3/c1-37-24-15-20(25(30)26(32)27(24)38-17-19-11-5-7-13-22(19)31)16-33-35-28(18-9-3-2-4-10-18)34-23-14-8-6-12-21(23)29(35)36/h2-16H,17H2,1H3. The Bertz CT molecular complexity index is 1720. The van der Waals surface area contributed by atoms with Gasteiger partial charge in [-0.15, -0.1) is 0 Å². The number of hydrogen-bond acceptors (Lipinski definition) is 5. The molecule has 0 fully saturated rings. The molecule has 38 heavy (non-hydrogen) atoms. The number of methoxy groups -OCH3 is 1. The second-order valence-electron chi connectivity index (χ2n) is 8.19. The van der Waals surface area contributed by atoms with E-state index in [0.29, 0.717) is 48.3 Å². The van der Waals surface area contributed by atoms with Gasteiger partial charge < -0.3 is 9.47 Å². The monoisotopic (exact) mass is 607 g/mol. The molecule has 1 heterocycles. The van der Waals surface area contributed by atoms with Crippen molar-refractivity contribution < 1.29 is 9.47 Å². The molecule has 0 saturated carbocycles. The van der Waals surface area contributed by atoms with Crippen LogP contribution in [0.15, 0.2) is 99.3 Å². The van der Waals surface area contributed by atoms with Crippen LogP contribution in [0.4, 0.5) is 0 Å². The Morgan fingerprint density at radius 3 is 2.47 bits per heavy atom. The topological polar surface area (TPSA) is 65.7 Å². The molecule has 0 aliphatic heterocycles. The minimum atomic E-state index is -0.292. The largest absolute Gasteiger partial charge is 0.493 e. The third kappa shape index (κ3) is 5.18. The number of benzene rings is 4. The second-order valence-corrected chi connectivity index (χ2v) is 9.76. The van der Waals surface area contributed by atoms with Crippen molar-refractivity contribution in [3.63, 3.8) is 0 Å². The van der Waals surface area contributed by atoms with E-state index < -0.39 is 0 Å². The van der Waals surface area contributed by atoms with Crippen LogP contribution in [0.1, 0.15) is 11.1 Å². The van der Waals surface area contributed by atoms with Gasteiger partial charge in [0.2, 0.25) is 0 Å². The van der Waals surface area contributed by atoms with E-state index in [1.54, 1.807) is 30.3 Å². The fourth-order valence-electron chi connectivity index (χ4n) is 3.87. The van der Waals surface area contributed by atoms with Crippen LogP contribution in [0.2, 0.25) is 10.0 Å². The zero-order chi connectivity index (χ0) is 26.6. The predicted octanol–water partition coefficient (Wildman–Crippen LogP) is 7.60. The average molecular weight is 609 g/mol. The minimum Gasteiger partial charge on any atom is -0.493 e. The number of hydrogen-bond donors (Lipinski definition) is 0. The van der Waals surface area contributed by atoms with Crippen LogP contribution in [0, 0.1) is 0 Å². The summed E-state index contributed by atoms with van der Waals surface area (Å²) in [5, 5.41) is 5.88. The Kier molecular flexibility index (Phi) is 7.79. The van der Waals surface area contributed by atoms with Crippen molar-refractivity contribution in [1.82, 2.24) is 9.66 Å². The van der Waals surface area contributed by atoms with Gasteiger partial charge in [-0.1, -0.05) is 83.9 Å². The molecule has 0 saturated heterocycles. The lowest BCUT2D eigenvalue weighted by molar-refractivity contribution is 0.284. The third-order valence-electron chi connectivity index (χ3n) is 5.80. The molecular weight excluding hydrogens is 589 g/mol. The molecule has 0 atom stereocenters. The first-order valence-corrected chi connectivity index (χ1v) is 13.1. The zero-order valence-electron chi connectivity index (χ0n) is 20.1. The van der Waals surface area contributed by atoms with E-state index in [2.05, 4.69) is 21.0 Å². The number of para-hydroxylation sites is 1. The number of halogens is 3. The van der Waals surface area contributed by atoms with Crippen LogP contribution >= 0.6 is 39.1 Å². The minimum absolute atomic E-state index is 0.203. The highest BCUT2D eigenvalue weighted by Gasteiger charge is 2.18. The Morgan fingerprint density at radius 2 is 1.71 bits per heavy atom. The van der Waals surface area contributed by atoms with E-state index in [1.807, 2.05) is 54.6 Å². The maximum Gasteiger partial charge on any atom is 0.282 e. The third-order valence-corrected chi connectivity index (χ3v) is 7.62. The van der Waals surface area contributed by atoms with Gasteiger partial charge in [-0.05, 0) is 40.2 Å². The van der Waals surface area contributed by atoms with Gasteiger partial charge in [0.15, 0.2) is 17.3 Å². The van der Waals surface area contributed by atoms with Crippen LogP contribution in [-0.2, 0) is 6.61 Å². The van der Waals surface area contributed by atoms with Crippen LogP contribution in [0.3, 0.4) is 0 Å². The predicted molar refractivity (Wildman–Crippen MR) is 156 cm³/mol. The molecule has 9 heteroatoms. The van der Waals surface area contributed by atoms with E-state index in [9.17, 15) is 4.79 Å². The van der Waals surface area contributed by atoms with Crippen molar-refractivity contribution in [1.29, 1.82) is 0 Å². The van der Waals surface area contributed by atoms with Crippen LogP contribution in [0.5, 0.6) is 11.5 Å². The summed E-state index contributed by atoms with van der Waals surface area (Å²) in [7, 11) is 1.52. The quantitative estimate of drug-likeness (QED) is 0.178. The first-order chi connectivity index (χ1) is 18.5. The summed E-state index contributed by atoms with van der Waals surface area (Å²) in [6, 6.07) is 25.7. The molecule has 190 valence electrons. The van der Waals surface area contributed by atoms with Crippen LogP contribution in [-0.4, -0.2) is 23.0 Å². The van der Waals surface area contributed by atoms with Gasteiger partial charge in [0.1, 0.15) is 11.6 Å². The maximum absolute atomic E-state index is 13.4. The highest BCUT2D eigenvalue weighted by molar-refractivity contribution is 9.10. The molecule has 0 spiro atoms. The number of fused-ring (bicyclic) bond motifs is 1. The van der Waals surface area contributed by atoms with Gasteiger partial charge >= 0.3 is 0 Å². The Morgan fingerprint density at radius 1 is 1.00 bits per heavy atom. The summed E-state index contributed by atoms with van der Waals surface area (Å²) in [6.07, 6.45) is 1.53. The summed E-state index contributed by atoms with van der Waals surface area (Å²) in [5.74, 6) is 1.17. The second kappa shape index (κ2) is 11.4. The van der Waals surface area contributed by atoms with E-state index in [1.165, 1.54) is 18.0 Å². The summed E-state index contributed by atoms with van der Waals surface area (Å²) in [4.78, 5) is 18.2. The molecule has 6 nitrogen and oxygen atoms in total. The van der Waals surface area contributed by atoms with Gasteiger partial charge in [0, 0.05) is 26.2 Å². The van der Waals surface area contributed by atoms with Gasteiger partial charge in [-0.25, -0.2) is 4.98 Å². The van der Waals surface area contributed by atoms with Gasteiger partial charge in [-0.2, -0.15) is 9.78 Å². The molecule has 5 rings (SSSR count). The molecule has 0 aliphatic rings. The van der Waals surface area contributed by atoms with Gasteiger partial charge in [0.05, 0.1) is 24.2 Å². The lowest BCUT2D eigenvalue weighted by Gasteiger charge is -2.15. The first-order valence-electron chi connectivity index (χ1n) is 11.5. The molecule has 1 aromatic heterocycles. The highest BCUT2D eigenvalue weighted by Crippen LogP contribution is 2.42. The molecule has 0 amide bonds. The summed E-state index contributed by atoms with van der Waals surface area (Å²) >= 11 is 16.5. The summed E-state index contributed by atoms with van der Waals surface area (Å²) in [5.41, 5.74) is 2.44. The van der Waals surface area contributed by atoms with Gasteiger partial charge in [0.25, 0.3) is 5.56 Å². The number of ether oxygens (including phenoxy) is 2. The fraction of sp³-hybridized carbons (Fsp3) is 0.0690. The Balaban J connectivity index is 1.56. The van der Waals surface area contributed by atoms with Crippen LogP contribution < -0.4 is 15.0 Å². The molecular formula is C29H20BrCl2N3O3. The fourth-order valence-corrected chi connectivity index (χ4v) is 4.72. The summed E-state index contributed by atoms with van der Waals surface area (Å²) < 4.78 is 13.4. The molecule has 5 aromatic rings. The van der Waals surface area contributed by atoms with Gasteiger partial charge in [-0.3, -0.25) is 4.79 Å². The van der Waals surface area contributed by atoms with Crippen molar-refractivity contribution in [2.45, 2.75) is 6.61 Å². The van der Waals surface area contributed by atoms with Crippen molar-refractivity contribution in [2.75, 3.05) is 7.11 Å². The maximum atomic E-state index is 13.4. The number of aromatic nitrogens is 2. The van der Waals surface area contributed by atoms with Crippen molar-refractivity contribution in [3.8, 4) is 22.9 Å². The molecule has 4 aromatic carbocycles. The SMILES string of the molecule is COc1cc(C=Nn2c(-c3ccccc3)nc3ccccc3c2=O)c(Br)c(Cl)c1OCc1ccccc1Cl. The normalized spacial score (nSPS) is 11.3. The van der Waals surface area contributed by atoms with Crippen molar-refractivity contribution in [2.24, 2.45) is 5.10 Å². The Hall–Kier alpha value is -3.65. The Labute approximate surface area is 237 Å². The highest BCUT2D eigenvalue weighted by atomic mass is 79.9. The molecule has 0 radical (unpaired) electrons. The molecule has 0 bridgehead atoms. The number of rotatable bonds is 7. The number of nitrogens with zero attached hydrogens (tertiary/aromatic N) is 3. The van der Waals surface area contributed by atoms with Crippen molar-refractivity contribution in [3.05, 3.63) is 121 Å². The van der Waals surface area contributed by atoms with E-state index in [-0.39, 0.29) is 12.2 Å². The summed E-state index contributed by atoms with van der Waals surface area (Å²) in [6.45, 7) is 0.203. The zero-order valence-corrected chi connectivity index (χ0v) is 23.2. The molecule has 0 aliphatic carbocycles. The smallest absolute Gasteiger partial charge is 0.282 e. The van der Waals surface area contributed by atoms with E-state index >= 15 is 0 Å². The van der Waals surface area contributed by atoms with Crippen LogP contribution in [0.25, 0.3) is 22.3 Å². The van der Waals surface area contributed by atoms with Crippen molar-refractivity contribution >= 4 is 56.2 Å². The van der Waals surface area contributed by atoms with E-state index in [4.69, 9.17) is 37.7 Å². The van der Waals surface area contributed by atoms with E-state index in [0.717, 1.165) is 11.1 Å². The lowest BCUT2D eigenvalue weighted by atomic mass is 10.2.